The van der Waals surface area contributed by atoms with E-state index in [2.05, 4.69) is 40.1 Å². The van der Waals surface area contributed by atoms with E-state index in [-0.39, 0.29) is 24.8 Å². The van der Waals surface area contributed by atoms with Gasteiger partial charge in [0.1, 0.15) is 0 Å². The fourth-order valence-corrected chi connectivity index (χ4v) is 3.59. The van der Waals surface area contributed by atoms with Crippen LogP contribution in [0.3, 0.4) is 0 Å². The summed E-state index contributed by atoms with van der Waals surface area (Å²) in [5.41, 5.74) is 1.49. The Morgan fingerprint density at radius 3 is 2.17 bits per heavy atom. The van der Waals surface area contributed by atoms with Gasteiger partial charge in [-0.25, -0.2) is 0 Å². The molecule has 0 aliphatic carbocycles. The molecular weight excluding hydrogens is 331 g/mol. The number of halogens is 2. The Labute approximate surface area is 153 Å². The number of rotatable bonds is 5. The summed E-state index contributed by atoms with van der Waals surface area (Å²) in [6.07, 6.45) is 5.37. The van der Waals surface area contributed by atoms with E-state index in [4.69, 9.17) is 4.74 Å². The highest BCUT2D eigenvalue weighted by atomic mass is 35.5. The highest BCUT2D eigenvalue weighted by Gasteiger charge is 2.23. The molecule has 1 atom stereocenters. The van der Waals surface area contributed by atoms with Gasteiger partial charge in [0.25, 0.3) is 0 Å². The molecule has 1 aromatic rings. The fourth-order valence-electron chi connectivity index (χ4n) is 3.59. The van der Waals surface area contributed by atoms with Crippen LogP contribution >= 0.6 is 24.8 Å². The van der Waals surface area contributed by atoms with Crippen molar-refractivity contribution in [3.63, 3.8) is 0 Å². The molecule has 0 aromatic heterocycles. The zero-order chi connectivity index (χ0) is 14.3. The molecule has 2 aliphatic rings. The molecule has 2 fully saturated rings. The lowest BCUT2D eigenvalue weighted by Gasteiger charge is -2.36. The maximum absolute atomic E-state index is 5.46. The first-order valence-corrected chi connectivity index (χ1v) is 8.52. The molecule has 5 heteroatoms. The van der Waals surface area contributed by atoms with Gasteiger partial charge in [-0.3, -0.25) is 9.80 Å². The van der Waals surface area contributed by atoms with E-state index in [0.29, 0.717) is 6.04 Å². The van der Waals surface area contributed by atoms with Crippen LogP contribution in [0.15, 0.2) is 30.3 Å². The fraction of sp³-hybridized carbons (Fsp3) is 0.667. The number of ether oxygens (including phenoxy) is 1. The number of piperidine rings is 1. The summed E-state index contributed by atoms with van der Waals surface area (Å²) in [5.74, 6) is 0. The third-order valence-electron chi connectivity index (χ3n) is 4.84. The van der Waals surface area contributed by atoms with Crippen LogP contribution in [0.25, 0.3) is 0 Å². The topological polar surface area (TPSA) is 15.7 Å². The zero-order valence-electron chi connectivity index (χ0n) is 13.9. The van der Waals surface area contributed by atoms with Crippen molar-refractivity contribution in [2.45, 2.75) is 31.7 Å². The molecule has 3 nitrogen and oxygen atoms in total. The Hall–Kier alpha value is -0.320. The molecule has 1 aromatic carbocycles. The van der Waals surface area contributed by atoms with Crippen LogP contribution in [0.5, 0.6) is 0 Å². The van der Waals surface area contributed by atoms with Gasteiger partial charge in [0.2, 0.25) is 0 Å². The van der Waals surface area contributed by atoms with Crippen molar-refractivity contribution in [2.24, 2.45) is 0 Å². The van der Waals surface area contributed by atoms with Gasteiger partial charge in [-0.2, -0.15) is 0 Å². The van der Waals surface area contributed by atoms with Crippen LogP contribution in [0.1, 0.15) is 37.3 Å². The van der Waals surface area contributed by atoms with E-state index < -0.39 is 0 Å². The molecule has 1 unspecified atom stereocenters. The minimum absolute atomic E-state index is 0. The summed E-state index contributed by atoms with van der Waals surface area (Å²) in [7, 11) is 0. The SMILES string of the molecule is Cl.Cl.c1ccc(C(CCN2CCOCC2)N2CCCCC2)cc1. The van der Waals surface area contributed by atoms with Crippen molar-refractivity contribution < 1.29 is 4.74 Å². The van der Waals surface area contributed by atoms with Gasteiger partial charge >= 0.3 is 0 Å². The molecule has 3 rings (SSSR count). The van der Waals surface area contributed by atoms with Crippen molar-refractivity contribution in [2.75, 3.05) is 45.9 Å². The van der Waals surface area contributed by atoms with Crippen LogP contribution in [-0.4, -0.2) is 55.7 Å². The summed E-state index contributed by atoms with van der Waals surface area (Å²) in [4.78, 5) is 5.27. The van der Waals surface area contributed by atoms with Crippen molar-refractivity contribution in [1.29, 1.82) is 0 Å². The monoisotopic (exact) mass is 360 g/mol. The highest BCUT2D eigenvalue weighted by Crippen LogP contribution is 2.27. The standard InChI is InChI=1S/C18H28N2O.2ClH/c1-3-7-17(8-4-1)18(20-10-5-2-6-11-20)9-12-19-13-15-21-16-14-19;;/h1,3-4,7-8,18H,2,5-6,9-16H2;2*1H. The van der Waals surface area contributed by atoms with Gasteiger partial charge in [0.05, 0.1) is 13.2 Å². The molecular formula is C18H30Cl2N2O. The minimum atomic E-state index is 0. The summed E-state index contributed by atoms with van der Waals surface area (Å²) in [5, 5.41) is 0. The number of likely N-dealkylation sites (tertiary alicyclic amines) is 1. The normalized spacial score (nSPS) is 21.0. The predicted octanol–water partition coefficient (Wildman–Crippen LogP) is 3.78. The number of hydrogen-bond donors (Lipinski definition) is 0. The van der Waals surface area contributed by atoms with E-state index in [1.54, 1.807) is 0 Å². The minimum Gasteiger partial charge on any atom is -0.379 e. The first-order valence-electron chi connectivity index (χ1n) is 8.52. The van der Waals surface area contributed by atoms with Gasteiger partial charge in [-0.05, 0) is 37.9 Å². The quantitative estimate of drug-likeness (QED) is 0.794. The van der Waals surface area contributed by atoms with Crippen LogP contribution in [0.2, 0.25) is 0 Å². The molecule has 132 valence electrons. The molecule has 0 bridgehead atoms. The van der Waals surface area contributed by atoms with Crippen molar-refractivity contribution in [3.05, 3.63) is 35.9 Å². The lowest BCUT2D eigenvalue weighted by atomic mass is 9.98. The molecule has 23 heavy (non-hydrogen) atoms. The molecule has 2 saturated heterocycles. The molecule has 0 amide bonds. The lowest BCUT2D eigenvalue weighted by molar-refractivity contribution is 0.0319. The predicted molar refractivity (Wildman–Crippen MR) is 101 cm³/mol. The first-order chi connectivity index (χ1) is 10.4. The van der Waals surface area contributed by atoms with Gasteiger partial charge in [-0.15, -0.1) is 24.8 Å². The highest BCUT2D eigenvalue weighted by molar-refractivity contribution is 5.85. The lowest BCUT2D eigenvalue weighted by Crippen LogP contribution is -2.40. The summed E-state index contributed by atoms with van der Waals surface area (Å²) in [6.45, 7) is 7.73. The smallest absolute Gasteiger partial charge is 0.0594 e. The van der Waals surface area contributed by atoms with Gasteiger partial charge in [-0.1, -0.05) is 36.8 Å². The van der Waals surface area contributed by atoms with Gasteiger partial charge < -0.3 is 4.74 Å². The Bertz CT molecular complexity index is 407. The van der Waals surface area contributed by atoms with E-state index >= 15 is 0 Å². The van der Waals surface area contributed by atoms with Crippen LogP contribution in [-0.2, 0) is 4.74 Å². The molecule has 0 saturated carbocycles. The molecule has 0 N–H and O–H groups in total. The molecule has 2 heterocycles. The average molecular weight is 361 g/mol. The number of nitrogens with zero attached hydrogens (tertiary/aromatic N) is 2. The van der Waals surface area contributed by atoms with Crippen molar-refractivity contribution >= 4 is 24.8 Å². The molecule has 0 radical (unpaired) electrons. The van der Waals surface area contributed by atoms with Crippen LogP contribution < -0.4 is 0 Å². The largest absolute Gasteiger partial charge is 0.379 e. The maximum atomic E-state index is 5.46. The number of hydrogen-bond acceptors (Lipinski definition) is 3. The Balaban J connectivity index is 0.00000132. The molecule has 0 spiro atoms. The second-order valence-corrected chi connectivity index (χ2v) is 6.27. The number of benzene rings is 1. The second-order valence-electron chi connectivity index (χ2n) is 6.27. The third kappa shape index (κ3) is 6.24. The van der Waals surface area contributed by atoms with E-state index in [0.717, 1.165) is 26.3 Å². The van der Waals surface area contributed by atoms with Crippen LogP contribution in [0.4, 0.5) is 0 Å². The maximum Gasteiger partial charge on any atom is 0.0594 e. The first kappa shape index (κ1) is 20.7. The Kier molecular flexibility index (Phi) is 10.2. The van der Waals surface area contributed by atoms with E-state index in [1.165, 1.54) is 50.9 Å². The van der Waals surface area contributed by atoms with Gasteiger partial charge in [0.15, 0.2) is 0 Å². The van der Waals surface area contributed by atoms with Gasteiger partial charge in [0, 0.05) is 25.7 Å². The van der Waals surface area contributed by atoms with Crippen molar-refractivity contribution in [1.82, 2.24) is 9.80 Å². The molecule has 2 aliphatic heterocycles. The summed E-state index contributed by atoms with van der Waals surface area (Å²) >= 11 is 0. The average Bonchev–Trinajstić information content (AvgIpc) is 2.58. The Morgan fingerprint density at radius 1 is 0.870 bits per heavy atom. The third-order valence-corrected chi connectivity index (χ3v) is 4.84. The summed E-state index contributed by atoms with van der Waals surface area (Å²) < 4.78 is 5.46. The Morgan fingerprint density at radius 2 is 1.52 bits per heavy atom. The summed E-state index contributed by atoms with van der Waals surface area (Å²) in [6, 6.07) is 11.7. The number of morpholine rings is 1. The second kappa shape index (κ2) is 11.3. The zero-order valence-corrected chi connectivity index (χ0v) is 15.5. The van der Waals surface area contributed by atoms with E-state index in [9.17, 15) is 0 Å². The van der Waals surface area contributed by atoms with Crippen LogP contribution in [0, 0.1) is 0 Å². The van der Waals surface area contributed by atoms with Crippen molar-refractivity contribution in [3.8, 4) is 0 Å². The van der Waals surface area contributed by atoms with E-state index in [1.807, 2.05) is 0 Å².